The molecule has 150 valence electrons. The molecule has 1 heterocycles. The summed E-state index contributed by atoms with van der Waals surface area (Å²) in [5, 5.41) is 7.81. The van der Waals surface area contributed by atoms with Crippen molar-refractivity contribution < 1.29 is 19.2 Å². The number of urea groups is 1. The van der Waals surface area contributed by atoms with Gasteiger partial charge in [-0.2, -0.15) is 0 Å². The highest BCUT2D eigenvalue weighted by atomic mass is 16.2. The van der Waals surface area contributed by atoms with Crippen molar-refractivity contribution in [2.24, 2.45) is 0 Å². The van der Waals surface area contributed by atoms with Crippen molar-refractivity contribution in [3.63, 3.8) is 0 Å². The molecule has 3 N–H and O–H groups in total. The van der Waals surface area contributed by atoms with Crippen LogP contribution in [-0.2, 0) is 15.1 Å². The first kappa shape index (κ1) is 20.1. The van der Waals surface area contributed by atoms with Gasteiger partial charge in [0.15, 0.2) is 0 Å². The van der Waals surface area contributed by atoms with Crippen LogP contribution >= 0.6 is 0 Å². The molecule has 0 bridgehead atoms. The van der Waals surface area contributed by atoms with Crippen molar-refractivity contribution >= 4 is 29.4 Å². The molecule has 1 aliphatic rings. The largest absolute Gasteiger partial charge is 0.355 e. The summed E-state index contributed by atoms with van der Waals surface area (Å²) in [4.78, 5) is 50.1. The van der Waals surface area contributed by atoms with E-state index >= 15 is 0 Å². The van der Waals surface area contributed by atoms with Crippen LogP contribution in [0.15, 0.2) is 48.5 Å². The van der Waals surface area contributed by atoms with Crippen molar-refractivity contribution in [1.82, 2.24) is 15.5 Å². The number of anilines is 1. The number of amides is 5. The Balaban J connectivity index is 1.69. The fourth-order valence-electron chi connectivity index (χ4n) is 3.12. The maximum Gasteiger partial charge on any atom is 0.325 e. The number of imide groups is 1. The van der Waals surface area contributed by atoms with Crippen LogP contribution < -0.4 is 16.0 Å². The number of hydrogen-bond acceptors (Lipinski definition) is 4. The lowest BCUT2D eigenvalue weighted by atomic mass is 9.91. The van der Waals surface area contributed by atoms with Gasteiger partial charge in [-0.3, -0.25) is 19.3 Å². The summed E-state index contributed by atoms with van der Waals surface area (Å²) in [7, 11) is 1.53. The van der Waals surface area contributed by atoms with E-state index in [1.54, 1.807) is 43.3 Å². The van der Waals surface area contributed by atoms with E-state index in [0.717, 1.165) is 10.5 Å². The van der Waals surface area contributed by atoms with Gasteiger partial charge in [-0.1, -0.05) is 29.8 Å². The molecule has 0 saturated carbocycles. The van der Waals surface area contributed by atoms with Gasteiger partial charge >= 0.3 is 6.03 Å². The Morgan fingerprint density at radius 2 is 1.66 bits per heavy atom. The fourth-order valence-corrected chi connectivity index (χ4v) is 3.12. The first-order valence-corrected chi connectivity index (χ1v) is 9.08. The van der Waals surface area contributed by atoms with Gasteiger partial charge in [0.2, 0.25) is 5.91 Å². The standard InChI is InChI=1S/C21H22N4O4/c1-13-4-8-15(9-5-13)21(2)19(28)25(20(29)24-21)12-17(26)23-16-10-6-14(7-11-16)18(27)22-3/h4-11H,12H2,1-3H3,(H,22,27)(H,23,26)(H,24,29). The van der Waals surface area contributed by atoms with Gasteiger partial charge in [0.1, 0.15) is 12.1 Å². The summed E-state index contributed by atoms with van der Waals surface area (Å²) < 4.78 is 0. The molecule has 8 nitrogen and oxygen atoms in total. The second-order valence-electron chi connectivity index (χ2n) is 7.02. The highest BCUT2D eigenvalue weighted by molar-refractivity contribution is 6.10. The Kier molecular flexibility index (Phi) is 5.36. The first-order chi connectivity index (χ1) is 13.7. The molecule has 2 aromatic carbocycles. The average molecular weight is 394 g/mol. The zero-order valence-corrected chi connectivity index (χ0v) is 16.4. The highest BCUT2D eigenvalue weighted by Crippen LogP contribution is 2.29. The van der Waals surface area contributed by atoms with Crippen LogP contribution in [0.4, 0.5) is 10.5 Å². The summed E-state index contributed by atoms with van der Waals surface area (Å²) in [5.74, 6) is -1.25. The van der Waals surface area contributed by atoms with Crippen molar-refractivity contribution in [2.75, 3.05) is 18.9 Å². The predicted molar refractivity (Wildman–Crippen MR) is 107 cm³/mol. The molecule has 1 atom stereocenters. The molecule has 1 saturated heterocycles. The number of aryl methyl sites for hydroxylation is 1. The molecule has 1 unspecified atom stereocenters. The SMILES string of the molecule is CNC(=O)c1ccc(NC(=O)CN2C(=O)NC(C)(c3ccc(C)cc3)C2=O)cc1. The summed E-state index contributed by atoms with van der Waals surface area (Å²) in [6.45, 7) is 3.13. The van der Waals surface area contributed by atoms with Crippen LogP contribution in [0.25, 0.3) is 0 Å². The lowest BCUT2D eigenvalue weighted by Gasteiger charge is -2.22. The number of carbonyl (C=O) groups excluding carboxylic acids is 4. The maximum atomic E-state index is 12.9. The Bertz CT molecular complexity index is 969. The molecule has 0 radical (unpaired) electrons. The Hall–Kier alpha value is -3.68. The number of carbonyl (C=O) groups is 4. The van der Waals surface area contributed by atoms with Crippen molar-refractivity contribution in [3.8, 4) is 0 Å². The van der Waals surface area contributed by atoms with Crippen molar-refractivity contribution in [2.45, 2.75) is 19.4 Å². The average Bonchev–Trinajstić information content (AvgIpc) is 2.92. The zero-order chi connectivity index (χ0) is 21.2. The molecule has 5 amide bonds. The molecular formula is C21H22N4O4. The highest BCUT2D eigenvalue weighted by Gasteiger charge is 2.49. The second kappa shape index (κ2) is 7.75. The van der Waals surface area contributed by atoms with Crippen LogP contribution in [-0.4, -0.2) is 42.2 Å². The van der Waals surface area contributed by atoms with Crippen molar-refractivity contribution in [3.05, 3.63) is 65.2 Å². The van der Waals surface area contributed by atoms with Gasteiger partial charge in [-0.15, -0.1) is 0 Å². The molecule has 1 aliphatic heterocycles. The van der Waals surface area contributed by atoms with Gasteiger partial charge < -0.3 is 16.0 Å². The molecule has 0 aromatic heterocycles. The van der Waals surface area contributed by atoms with Gasteiger partial charge in [0, 0.05) is 18.3 Å². The molecule has 3 rings (SSSR count). The second-order valence-corrected chi connectivity index (χ2v) is 7.02. The van der Waals surface area contributed by atoms with Crippen LogP contribution in [0.5, 0.6) is 0 Å². The first-order valence-electron chi connectivity index (χ1n) is 9.08. The van der Waals surface area contributed by atoms with Gasteiger partial charge in [0.25, 0.3) is 11.8 Å². The van der Waals surface area contributed by atoms with E-state index in [1.165, 1.54) is 7.05 Å². The molecule has 8 heteroatoms. The third-order valence-electron chi connectivity index (χ3n) is 4.86. The van der Waals surface area contributed by atoms with E-state index < -0.39 is 29.9 Å². The van der Waals surface area contributed by atoms with E-state index in [-0.39, 0.29) is 5.91 Å². The summed E-state index contributed by atoms with van der Waals surface area (Å²) in [5.41, 5.74) is 1.37. The van der Waals surface area contributed by atoms with Gasteiger partial charge in [0.05, 0.1) is 0 Å². The normalized spacial score (nSPS) is 18.4. The minimum absolute atomic E-state index is 0.238. The fraction of sp³-hybridized carbons (Fsp3) is 0.238. The Labute approximate surface area is 168 Å². The lowest BCUT2D eigenvalue weighted by molar-refractivity contribution is -0.133. The van der Waals surface area contributed by atoms with Crippen LogP contribution in [0.2, 0.25) is 0 Å². The molecule has 0 spiro atoms. The molecule has 29 heavy (non-hydrogen) atoms. The quantitative estimate of drug-likeness (QED) is 0.672. The van der Waals surface area contributed by atoms with E-state index in [2.05, 4.69) is 16.0 Å². The van der Waals surface area contributed by atoms with E-state index in [4.69, 9.17) is 0 Å². The lowest BCUT2D eigenvalue weighted by Crippen LogP contribution is -2.42. The number of hydrogen-bond donors (Lipinski definition) is 3. The molecule has 1 fully saturated rings. The Morgan fingerprint density at radius 3 is 2.24 bits per heavy atom. The van der Waals surface area contributed by atoms with Gasteiger partial charge in [-0.25, -0.2) is 4.79 Å². The van der Waals surface area contributed by atoms with Gasteiger partial charge in [-0.05, 0) is 43.7 Å². The third-order valence-corrected chi connectivity index (χ3v) is 4.86. The minimum atomic E-state index is -1.22. The topological polar surface area (TPSA) is 108 Å². The van der Waals surface area contributed by atoms with Crippen LogP contribution in [0, 0.1) is 6.92 Å². The number of benzene rings is 2. The van der Waals surface area contributed by atoms with Crippen LogP contribution in [0.3, 0.4) is 0 Å². The van der Waals surface area contributed by atoms with E-state index in [9.17, 15) is 19.2 Å². The number of nitrogens with zero attached hydrogens (tertiary/aromatic N) is 1. The minimum Gasteiger partial charge on any atom is -0.355 e. The van der Waals surface area contributed by atoms with E-state index in [0.29, 0.717) is 16.8 Å². The van der Waals surface area contributed by atoms with Crippen LogP contribution in [0.1, 0.15) is 28.4 Å². The smallest absolute Gasteiger partial charge is 0.325 e. The Morgan fingerprint density at radius 1 is 1.03 bits per heavy atom. The predicted octanol–water partition coefficient (Wildman–Crippen LogP) is 1.76. The third kappa shape index (κ3) is 3.96. The number of nitrogens with one attached hydrogen (secondary N) is 3. The molecular weight excluding hydrogens is 372 g/mol. The summed E-state index contributed by atoms with van der Waals surface area (Å²) >= 11 is 0. The number of rotatable bonds is 5. The summed E-state index contributed by atoms with van der Waals surface area (Å²) in [6.07, 6.45) is 0. The summed E-state index contributed by atoms with van der Waals surface area (Å²) in [6, 6.07) is 12.9. The van der Waals surface area contributed by atoms with Crippen molar-refractivity contribution in [1.29, 1.82) is 0 Å². The molecule has 2 aromatic rings. The zero-order valence-electron chi connectivity index (χ0n) is 16.4. The maximum absolute atomic E-state index is 12.9. The molecule has 0 aliphatic carbocycles. The van der Waals surface area contributed by atoms with E-state index in [1.807, 2.05) is 19.1 Å². The monoisotopic (exact) mass is 394 g/mol.